The van der Waals surface area contributed by atoms with Crippen molar-refractivity contribution in [3.8, 4) is 5.75 Å². The van der Waals surface area contributed by atoms with E-state index in [2.05, 4.69) is 15.9 Å². The predicted octanol–water partition coefficient (Wildman–Crippen LogP) is 3.28. The molecule has 0 aliphatic carbocycles. The maximum absolute atomic E-state index is 13.8. The Labute approximate surface area is 148 Å². The fraction of sp³-hybridized carbons (Fsp3) is 0.250. The van der Waals surface area contributed by atoms with Gasteiger partial charge in [-0.2, -0.15) is 4.31 Å². The average molecular weight is 416 g/mol. The van der Waals surface area contributed by atoms with Crippen molar-refractivity contribution in [2.45, 2.75) is 18.0 Å². The van der Waals surface area contributed by atoms with Gasteiger partial charge in [0.05, 0.1) is 11.5 Å². The summed E-state index contributed by atoms with van der Waals surface area (Å²) in [5.41, 5.74) is 1.04. The average Bonchev–Trinajstić information content (AvgIpc) is 2.54. The number of benzene rings is 2. The van der Waals surface area contributed by atoms with Crippen LogP contribution in [0.5, 0.6) is 5.75 Å². The molecule has 0 saturated carbocycles. The second-order valence-corrected chi connectivity index (χ2v) is 8.34. The molecule has 24 heavy (non-hydrogen) atoms. The van der Waals surface area contributed by atoms with E-state index in [-0.39, 0.29) is 24.8 Å². The van der Waals surface area contributed by atoms with E-state index in [1.807, 2.05) is 0 Å². The summed E-state index contributed by atoms with van der Waals surface area (Å²) in [6, 6.07) is 9.06. The molecule has 0 radical (unpaired) electrons. The number of hydrogen-bond acceptors (Lipinski definition) is 4. The van der Waals surface area contributed by atoms with Gasteiger partial charge in [0.15, 0.2) is 6.79 Å². The summed E-state index contributed by atoms with van der Waals surface area (Å²) < 4.78 is 51.6. The fourth-order valence-electron chi connectivity index (χ4n) is 2.51. The van der Waals surface area contributed by atoms with Crippen LogP contribution in [0, 0.1) is 5.82 Å². The van der Waals surface area contributed by atoms with Crippen molar-refractivity contribution in [1.82, 2.24) is 4.31 Å². The molecule has 0 saturated heterocycles. The maximum atomic E-state index is 13.8. The molecule has 0 aromatic heterocycles. The molecule has 0 amide bonds. The Morgan fingerprint density at radius 2 is 2.08 bits per heavy atom. The first kappa shape index (κ1) is 17.3. The van der Waals surface area contributed by atoms with Gasteiger partial charge in [-0.25, -0.2) is 12.8 Å². The van der Waals surface area contributed by atoms with Crippen molar-refractivity contribution in [3.63, 3.8) is 0 Å². The molecule has 0 unspecified atom stereocenters. The molecule has 0 fully saturated rings. The van der Waals surface area contributed by atoms with Crippen LogP contribution in [0.25, 0.3) is 0 Å². The maximum Gasteiger partial charge on any atom is 0.243 e. The SMILES string of the molecule is CN(Cc1cc(F)cc2c1OCOC2)S(=O)(=O)c1cccc(Br)c1. The third-order valence-corrected chi connectivity index (χ3v) is 5.94. The van der Waals surface area contributed by atoms with Crippen molar-refractivity contribution >= 4 is 26.0 Å². The van der Waals surface area contributed by atoms with Gasteiger partial charge in [0.25, 0.3) is 0 Å². The van der Waals surface area contributed by atoms with Gasteiger partial charge in [-0.3, -0.25) is 0 Å². The molecule has 2 aromatic rings. The van der Waals surface area contributed by atoms with Gasteiger partial charge in [0.1, 0.15) is 11.6 Å². The molecule has 0 spiro atoms. The lowest BCUT2D eigenvalue weighted by atomic mass is 10.1. The molecule has 8 heteroatoms. The van der Waals surface area contributed by atoms with Crippen molar-refractivity contribution in [1.29, 1.82) is 0 Å². The van der Waals surface area contributed by atoms with E-state index in [9.17, 15) is 12.8 Å². The van der Waals surface area contributed by atoms with Crippen LogP contribution in [0.15, 0.2) is 45.8 Å². The second-order valence-electron chi connectivity index (χ2n) is 5.38. The second kappa shape index (κ2) is 6.79. The smallest absolute Gasteiger partial charge is 0.243 e. The highest BCUT2D eigenvalue weighted by atomic mass is 79.9. The number of halogens is 2. The van der Waals surface area contributed by atoms with Gasteiger partial charge < -0.3 is 9.47 Å². The molecule has 128 valence electrons. The molecule has 1 aliphatic rings. The van der Waals surface area contributed by atoms with E-state index in [0.717, 1.165) is 0 Å². The first-order valence-electron chi connectivity index (χ1n) is 7.11. The highest BCUT2D eigenvalue weighted by Gasteiger charge is 2.24. The van der Waals surface area contributed by atoms with E-state index in [0.29, 0.717) is 21.3 Å². The highest BCUT2D eigenvalue weighted by molar-refractivity contribution is 9.10. The van der Waals surface area contributed by atoms with Crippen molar-refractivity contribution < 1.29 is 22.3 Å². The largest absolute Gasteiger partial charge is 0.467 e. The normalized spacial score (nSPS) is 14.3. The lowest BCUT2D eigenvalue weighted by molar-refractivity contribution is -0.0174. The summed E-state index contributed by atoms with van der Waals surface area (Å²) in [6.07, 6.45) is 0. The van der Waals surface area contributed by atoms with E-state index < -0.39 is 15.8 Å². The van der Waals surface area contributed by atoms with E-state index in [1.165, 1.54) is 35.6 Å². The van der Waals surface area contributed by atoms with Crippen LogP contribution in [0.2, 0.25) is 0 Å². The first-order valence-corrected chi connectivity index (χ1v) is 9.35. The third-order valence-electron chi connectivity index (χ3n) is 3.65. The van der Waals surface area contributed by atoms with Gasteiger partial charge >= 0.3 is 0 Å². The molecule has 1 heterocycles. The number of sulfonamides is 1. The number of ether oxygens (including phenoxy) is 2. The Morgan fingerprint density at radius 3 is 2.83 bits per heavy atom. The summed E-state index contributed by atoms with van der Waals surface area (Å²) in [5.74, 6) is 0.0324. The van der Waals surface area contributed by atoms with Crippen LogP contribution in [-0.4, -0.2) is 26.6 Å². The van der Waals surface area contributed by atoms with Crippen LogP contribution >= 0.6 is 15.9 Å². The van der Waals surface area contributed by atoms with E-state index >= 15 is 0 Å². The zero-order chi connectivity index (χ0) is 17.3. The van der Waals surface area contributed by atoms with Gasteiger partial charge in [0, 0.05) is 29.2 Å². The van der Waals surface area contributed by atoms with E-state index in [4.69, 9.17) is 9.47 Å². The molecule has 0 bridgehead atoms. The summed E-state index contributed by atoms with van der Waals surface area (Å²) in [5, 5.41) is 0. The highest BCUT2D eigenvalue weighted by Crippen LogP contribution is 2.31. The number of rotatable bonds is 4. The Bertz CT molecular complexity index is 872. The number of nitrogens with zero attached hydrogens (tertiary/aromatic N) is 1. The molecule has 1 aliphatic heterocycles. The topological polar surface area (TPSA) is 55.8 Å². The molecule has 3 rings (SSSR count). The van der Waals surface area contributed by atoms with Crippen LogP contribution in [0.4, 0.5) is 4.39 Å². The Balaban J connectivity index is 1.92. The summed E-state index contributed by atoms with van der Waals surface area (Å²) in [7, 11) is -2.25. The van der Waals surface area contributed by atoms with Crippen LogP contribution in [0.1, 0.15) is 11.1 Å². The van der Waals surface area contributed by atoms with Crippen LogP contribution in [0.3, 0.4) is 0 Å². The molecule has 0 N–H and O–H groups in total. The molecule has 0 atom stereocenters. The van der Waals surface area contributed by atoms with Crippen molar-refractivity contribution in [2.24, 2.45) is 0 Å². The molecule has 2 aromatic carbocycles. The fourth-order valence-corrected chi connectivity index (χ4v) is 4.25. The zero-order valence-electron chi connectivity index (χ0n) is 12.8. The van der Waals surface area contributed by atoms with E-state index in [1.54, 1.807) is 12.1 Å². The number of fused-ring (bicyclic) bond motifs is 1. The number of hydrogen-bond donors (Lipinski definition) is 0. The minimum absolute atomic E-state index is 0.00502. The predicted molar refractivity (Wildman–Crippen MR) is 89.5 cm³/mol. The van der Waals surface area contributed by atoms with Crippen LogP contribution in [-0.2, 0) is 27.9 Å². The zero-order valence-corrected chi connectivity index (χ0v) is 15.2. The monoisotopic (exact) mass is 415 g/mol. The molecule has 5 nitrogen and oxygen atoms in total. The van der Waals surface area contributed by atoms with Crippen molar-refractivity contribution in [2.75, 3.05) is 13.8 Å². The lowest BCUT2D eigenvalue weighted by Gasteiger charge is -2.23. The lowest BCUT2D eigenvalue weighted by Crippen LogP contribution is -2.27. The Kier molecular flexibility index (Phi) is 4.91. The van der Waals surface area contributed by atoms with Gasteiger partial charge in [-0.05, 0) is 30.3 Å². The Hall–Kier alpha value is -1.48. The van der Waals surface area contributed by atoms with Crippen LogP contribution < -0.4 is 4.74 Å². The summed E-state index contributed by atoms with van der Waals surface area (Å²) >= 11 is 3.26. The van der Waals surface area contributed by atoms with Gasteiger partial charge in [-0.15, -0.1) is 0 Å². The first-order chi connectivity index (χ1) is 11.4. The summed E-state index contributed by atoms with van der Waals surface area (Å²) in [6.45, 7) is 0.296. The summed E-state index contributed by atoms with van der Waals surface area (Å²) in [4.78, 5) is 0.161. The minimum atomic E-state index is -3.70. The quantitative estimate of drug-likeness (QED) is 0.768. The van der Waals surface area contributed by atoms with Crippen molar-refractivity contribution in [3.05, 3.63) is 57.8 Å². The van der Waals surface area contributed by atoms with Gasteiger partial charge in [0.2, 0.25) is 10.0 Å². The third kappa shape index (κ3) is 3.46. The molecular weight excluding hydrogens is 401 g/mol. The Morgan fingerprint density at radius 1 is 1.29 bits per heavy atom. The van der Waals surface area contributed by atoms with Gasteiger partial charge in [-0.1, -0.05) is 22.0 Å². The minimum Gasteiger partial charge on any atom is -0.467 e. The standard InChI is InChI=1S/C16H15BrFNO4S/c1-19(24(20,21)15-4-2-3-13(17)7-15)8-11-5-14(18)6-12-9-22-10-23-16(11)12/h2-7H,8-10H2,1H3. The molecular formula is C16H15BrFNO4S.